The summed E-state index contributed by atoms with van der Waals surface area (Å²) in [6.45, 7) is 0.737. The second-order valence-corrected chi connectivity index (χ2v) is 2.35. The number of ketones is 1. The minimum absolute atomic E-state index is 0.156. The van der Waals surface area contributed by atoms with Crippen molar-refractivity contribution < 1.29 is 14.3 Å². The van der Waals surface area contributed by atoms with Crippen molar-refractivity contribution >= 4 is 5.78 Å². The van der Waals surface area contributed by atoms with Crippen LogP contribution in [0.25, 0.3) is 0 Å². The van der Waals surface area contributed by atoms with Crippen molar-refractivity contribution in [1.29, 1.82) is 0 Å². The van der Waals surface area contributed by atoms with E-state index in [1.165, 1.54) is 0 Å². The molecule has 0 amide bonds. The summed E-state index contributed by atoms with van der Waals surface area (Å²) in [5.41, 5.74) is 10.5. The molecule has 0 atom stereocenters. The molecule has 0 spiro atoms. The predicted molar refractivity (Wildman–Crippen MR) is 37.5 cm³/mol. The molecule has 1 aliphatic rings. The number of Topliss-reactive ketones (excluding diaryl/α,β-unsaturated/α-hetero) is 1. The summed E-state index contributed by atoms with van der Waals surface area (Å²) in [5, 5.41) is 0. The van der Waals surface area contributed by atoms with E-state index in [2.05, 4.69) is 0 Å². The van der Waals surface area contributed by atoms with Crippen molar-refractivity contribution in [2.24, 2.45) is 11.5 Å². The van der Waals surface area contributed by atoms with Crippen molar-refractivity contribution in [3.63, 3.8) is 0 Å². The molecule has 1 rings (SSSR count). The summed E-state index contributed by atoms with van der Waals surface area (Å²) in [4.78, 5) is 11.0. The van der Waals surface area contributed by atoms with Gasteiger partial charge in [-0.2, -0.15) is 0 Å². The van der Waals surface area contributed by atoms with Gasteiger partial charge in [-0.25, -0.2) is 0 Å². The van der Waals surface area contributed by atoms with Crippen molar-refractivity contribution in [2.45, 2.75) is 12.3 Å². The van der Waals surface area contributed by atoms with E-state index in [1.807, 2.05) is 0 Å². The largest absolute Gasteiger partial charge is 0.331 e. The number of carbonyl (C=O) groups excluding carboxylic acids is 1. The van der Waals surface area contributed by atoms with Crippen molar-refractivity contribution in [2.75, 3.05) is 19.8 Å². The molecular weight excluding hydrogens is 148 g/mol. The van der Waals surface area contributed by atoms with Gasteiger partial charge in [0.25, 0.3) is 5.91 Å². The zero-order valence-corrected chi connectivity index (χ0v) is 6.21. The Morgan fingerprint density at radius 3 is 2.45 bits per heavy atom. The summed E-state index contributed by atoms with van der Waals surface area (Å²) in [7, 11) is 0. The molecule has 0 bridgehead atoms. The van der Waals surface area contributed by atoms with E-state index in [4.69, 9.17) is 20.9 Å². The lowest BCUT2D eigenvalue weighted by Gasteiger charge is -2.31. The van der Waals surface area contributed by atoms with Gasteiger partial charge in [0.15, 0.2) is 0 Å². The third kappa shape index (κ3) is 1.75. The van der Waals surface area contributed by atoms with Crippen LogP contribution in [0.1, 0.15) is 6.42 Å². The standard InChI is InChI=1S/C6H12N2O3/c7-4-5(9)6(8)10-2-1-3-11-6/h1-4,7-8H2. The summed E-state index contributed by atoms with van der Waals surface area (Å²) in [6, 6.07) is 0. The monoisotopic (exact) mass is 160 g/mol. The van der Waals surface area contributed by atoms with Gasteiger partial charge < -0.3 is 15.2 Å². The number of nitrogens with two attached hydrogens (primary N) is 2. The fourth-order valence-electron chi connectivity index (χ4n) is 0.851. The maximum absolute atomic E-state index is 11.0. The highest BCUT2D eigenvalue weighted by Gasteiger charge is 2.37. The first-order valence-corrected chi connectivity index (χ1v) is 3.49. The second kappa shape index (κ2) is 3.27. The van der Waals surface area contributed by atoms with E-state index in [9.17, 15) is 4.79 Å². The molecule has 1 heterocycles. The van der Waals surface area contributed by atoms with Gasteiger partial charge in [0.1, 0.15) is 0 Å². The molecule has 1 fully saturated rings. The second-order valence-electron chi connectivity index (χ2n) is 2.35. The van der Waals surface area contributed by atoms with Gasteiger partial charge in [0.05, 0.1) is 19.8 Å². The third-order valence-corrected chi connectivity index (χ3v) is 1.50. The van der Waals surface area contributed by atoms with Crippen LogP contribution >= 0.6 is 0 Å². The van der Waals surface area contributed by atoms with Gasteiger partial charge in [-0.1, -0.05) is 0 Å². The summed E-state index contributed by atoms with van der Waals surface area (Å²) >= 11 is 0. The lowest BCUT2D eigenvalue weighted by atomic mass is 10.3. The molecule has 5 heteroatoms. The van der Waals surface area contributed by atoms with Crippen molar-refractivity contribution in [3.8, 4) is 0 Å². The maximum atomic E-state index is 11.0. The Labute approximate surface area is 64.6 Å². The lowest BCUT2D eigenvalue weighted by molar-refractivity contribution is -0.249. The highest BCUT2D eigenvalue weighted by molar-refractivity contribution is 5.86. The van der Waals surface area contributed by atoms with E-state index in [0.29, 0.717) is 13.2 Å². The average Bonchev–Trinajstić information content (AvgIpc) is 2.04. The van der Waals surface area contributed by atoms with Gasteiger partial charge in [-0.05, 0) is 6.42 Å². The lowest BCUT2D eigenvalue weighted by Crippen LogP contribution is -2.57. The molecule has 0 aromatic carbocycles. The predicted octanol–water partition coefficient (Wildman–Crippen LogP) is -1.44. The minimum Gasteiger partial charge on any atom is -0.331 e. The number of hydrogen-bond acceptors (Lipinski definition) is 5. The zero-order chi connectivity index (χ0) is 8.32. The van der Waals surface area contributed by atoms with Crippen LogP contribution in [0.2, 0.25) is 0 Å². The summed E-state index contributed by atoms with van der Waals surface area (Å²) < 4.78 is 9.89. The van der Waals surface area contributed by atoms with Crippen molar-refractivity contribution in [3.05, 3.63) is 0 Å². The summed E-state index contributed by atoms with van der Waals surface area (Å²) in [6.07, 6.45) is 0.761. The van der Waals surface area contributed by atoms with Crippen LogP contribution in [0.3, 0.4) is 0 Å². The van der Waals surface area contributed by atoms with E-state index in [-0.39, 0.29) is 6.54 Å². The van der Waals surface area contributed by atoms with Gasteiger partial charge in [-0.15, -0.1) is 0 Å². The normalized spacial score (nSPS) is 23.1. The van der Waals surface area contributed by atoms with E-state index in [0.717, 1.165) is 6.42 Å². The van der Waals surface area contributed by atoms with Crippen LogP contribution in [0.5, 0.6) is 0 Å². The number of rotatable bonds is 2. The molecule has 0 aromatic rings. The molecule has 4 N–H and O–H groups in total. The van der Waals surface area contributed by atoms with Gasteiger partial charge >= 0.3 is 0 Å². The molecule has 11 heavy (non-hydrogen) atoms. The first kappa shape index (κ1) is 8.61. The number of ether oxygens (including phenoxy) is 2. The van der Waals surface area contributed by atoms with Crippen molar-refractivity contribution in [1.82, 2.24) is 0 Å². The highest BCUT2D eigenvalue weighted by atomic mass is 16.7. The molecule has 5 nitrogen and oxygen atoms in total. The van der Waals surface area contributed by atoms with Crippen LogP contribution in [0, 0.1) is 0 Å². The zero-order valence-electron chi connectivity index (χ0n) is 6.21. The topological polar surface area (TPSA) is 87.6 Å². The molecule has 0 aliphatic carbocycles. The quantitative estimate of drug-likeness (QED) is 0.516. The van der Waals surface area contributed by atoms with E-state index in [1.54, 1.807) is 0 Å². The average molecular weight is 160 g/mol. The third-order valence-electron chi connectivity index (χ3n) is 1.50. The Kier molecular flexibility index (Phi) is 2.56. The smallest absolute Gasteiger partial charge is 0.289 e. The van der Waals surface area contributed by atoms with Crippen LogP contribution in [0.4, 0.5) is 0 Å². The first-order chi connectivity index (χ1) is 5.19. The Hall–Kier alpha value is -0.490. The first-order valence-electron chi connectivity index (χ1n) is 3.49. The molecule has 1 saturated heterocycles. The van der Waals surface area contributed by atoms with Gasteiger partial charge in [0.2, 0.25) is 5.78 Å². The Balaban J connectivity index is 2.56. The minimum atomic E-state index is -1.58. The molecule has 0 unspecified atom stereocenters. The van der Waals surface area contributed by atoms with E-state index < -0.39 is 11.7 Å². The Bertz CT molecular complexity index is 154. The van der Waals surface area contributed by atoms with Crippen LogP contribution < -0.4 is 11.5 Å². The van der Waals surface area contributed by atoms with Gasteiger partial charge in [-0.3, -0.25) is 10.5 Å². The fourth-order valence-corrected chi connectivity index (χ4v) is 0.851. The van der Waals surface area contributed by atoms with E-state index >= 15 is 0 Å². The molecule has 0 aromatic heterocycles. The molecular formula is C6H12N2O3. The fraction of sp³-hybridized carbons (Fsp3) is 0.833. The Morgan fingerprint density at radius 2 is 2.00 bits per heavy atom. The van der Waals surface area contributed by atoms with Crippen LogP contribution in [0.15, 0.2) is 0 Å². The van der Waals surface area contributed by atoms with Gasteiger partial charge in [0, 0.05) is 0 Å². The SMILES string of the molecule is NCC(=O)C1(N)OCCCO1. The molecule has 0 radical (unpaired) electrons. The maximum Gasteiger partial charge on any atom is 0.289 e. The number of carbonyl (C=O) groups is 1. The highest BCUT2D eigenvalue weighted by Crippen LogP contribution is 2.12. The van der Waals surface area contributed by atoms with Crippen LogP contribution in [-0.2, 0) is 14.3 Å². The summed E-state index contributed by atoms with van der Waals surface area (Å²) in [5.74, 6) is -2.00. The molecule has 0 saturated carbocycles. The molecule has 1 aliphatic heterocycles. The van der Waals surface area contributed by atoms with Crippen LogP contribution in [-0.4, -0.2) is 31.5 Å². The molecule has 64 valence electrons. The number of hydrogen-bond donors (Lipinski definition) is 2. The Morgan fingerprint density at radius 1 is 1.45 bits per heavy atom.